The molecule has 0 aromatic rings. The topological polar surface area (TPSA) is 78.9 Å². The van der Waals surface area contributed by atoms with Gasteiger partial charge in [0, 0.05) is 0 Å². The summed E-state index contributed by atoms with van der Waals surface area (Å²) in [6, 6.07) is 0. The first-order valence-corrected chi connectivity index (χ1v) is 16.8. The SMILES string of the molecule is CCOP(=O)(OCC)C(CCCCCCC/C=C(\C)CCC=C(C)C)S(=O)(=O)OC1CCCCC1. The molecule has 8 heteroatoms. The molecule has 1 aliphatic rings. The van der Waals surface area contributed by atoms with Crippen LogP contribution in [0.15, 0.2) is 23.3 Å². The van der Waals surface area contributed by atoms with Crippen LogP contribution in [0.4, 0.5) is 0 Å². The van der Waals surface area contributed by atoms with Gasteiger partial charge in [0.1, 0.15) is 0 Å². The third-order valence-electron chi connectivity index (χ3n) is 6.37. The minimum Gasteiger partial charge on any atom is -0.308 e. The highest BCUT2D eigenvalue weighted by atomic mass is 32.2. The lowest BCUT2D eigenvalue weighted by atomic mass is 9.98. The van der Waals surface area contributed by atoms with Gasteiger partial charge in [0.2, 0.25) is 0 Å². The van der Waals surface area contributed by atoms with Crippen LogP contribution in [0.1, 0.15) is 125 Å². The summed E-state index contributed by atoms with van der Waals surface area (Å²) in [6.07, 6.45) is 17.1. The van der Waals surface area contributed by atoms with Gasteiger partial charge in [0.15, 0.2) is 4.99 Å². The average molecular weight is 535 g/mol. The molecule has 0 heterocycles. The highest BCUT2D eigenvalue weighted by Crippen LogP contribution is 2.57. The molecule has 35 heavy (non-hydrogen) atoms. The van der Waals surface area contributed by atoms with E-state index in [1.807, 2.05) is 0 Å². The quantitative estimate of drug-likeness (QED) is 0.0714. The Kier molecular flexibility index (Phi) is 16.7. The summed E-state index contributed by atoms with van der Waals surface area (Å²) in [5.41, 5.74) is 2.81. The maximum atomic E-state index is 13.5. The van der Waals surface area contributed by atoms with E-state index >= 15 is 0 Å². The van der Waals surface area contributed by atoms with E-state index in [9.17, 15) is 13.0 Å². The van der Waals surface area contributed by atoms with Crippen LogP contribution >= 0.6 is 7.60 Å². The van der Waals surface area contributed by atoms with Gasteiger partial charge in [-0.1, -0.05) is 68.2 Å². The molecule has 1 aliphatic carbocycles. The predicted octanol–water partition coefficient (Wildman–Crippen LogP) is 8.68. The second-order valence-corrected chi connectivity index (χ2v) is 14.2. The normalized spacial score (nSPS) is 16.9. The number of hydrogen-bond donors (Lipinski definition) is 0. The summed E-state index contributed by atoms with van der Waals surface area (Å²) in [5, 5.41) is 0. The molecule has 1 atom stereocenters. The maximum absolute atomic E-state index is 13.5. The fourth-order valence-corrected chi connectivity index (χ4v) is 9.03. The molecule has 1 fully saturated rings. The minimum atomic E-state index is -4.07. The molecule has 0 spiro atoms. The fourth-order valence-electron chi connectivity index (χ4n) is 4.47. The molecule has 206 valence electrons. The largest absolute Gasteiger partial charge is 0.351 e. The Morgan fingerprint density at radius 3 is 2.09 bits per heavy atom. The van der Waals surface area contributed by atoms with Crippen molar-refractivity contribution >= 4 is 17.7 Å². The summed E-state index contributed by atoms with van der Waals surface area (Å²) < 4.78 is 56.4. The molecule has 0 amide bonds. The van der Waals surface area contributed by atoms with Crippen LogP contribution in [0.2, 0.25) is 0 Å². The molecule has 1 unspecified atom stereocenters. The smallest absolute Gasteiger partial charge is 0.308 e. The van der Waals surface area contributed by atoms with E-state index in [0.717, 1.165) is 77.0 Å². The van der Waals surface area contributed by atoms with Crippen molar-refractivity contribution in [1.29, 1.82) is 0 Å². The first kappa shape index (κ1) is 32.6. The fraction of sp³-hybridized carbons (Fsp3) is 0.852. The molecule has 1 saturated carbocycles. The van der Waals surface area contributed by atoms with Gasteiger partial charge >= 0.3 is 7.60 Å². The lowest BCUT2D eigenvalue weighted by Gasteiger charge is -2.28. The van der Waals surface area contributed by atoms with E-state index < -0.39 is 22.7 Å². The second kappa shape index (κ2) is 17.9. The van der Waals surface area contributed by atoms with Gasteiger partial charge in [-0.2, -0.15) is 8.42 Å². The van der Waals surface area contributed by atoms with E-state index in [0.29, 0.717) is 6.42 Å². The van der Waals surface area contributed by atoms with Crippen LogP contribution in [0, 0.1) is 0 Å². The third-order valence-corrected chi connectivity index (χ3v) is 11.6. The molecule has 0 aliphatic heterocycles. The molecule has 0 N–H and O–H groups in total. The standard InChI is InChI=1S/C27H51O6PS/c1-6-31-34(28,32-7-2)27(35(29,30)33-26-21-14-12-15-22-26)23-16-11-9-8-10-13-19-25(5)20-17-18-24(3)4/h18-19,26-27H,6-17,20-23H2,1-5H3/b25-19+. The second-order valence-electron chi connectivity index (χ2n) is 9.89. The number of allylic oxidation sites excluding steroid dienone is 4. The van der Waals surface area contributed by atoms with Gasteiger partial charge in [0.05, 0.1) is 19.3 Å². The number of unbranched alkanes of at least 4 members (excludes halogenated alkanes) is 5. The molecule has 0 saturated heterocycles. The van der Waals surface area contributed by atoms with E-state index in [2.05, 4.69) is 32.9 Å². The van der Waals surface area contributed by atoms with Crippen LogP contribution in [-0.4, -0.2) is 32.7 Å². The van der Waals surface area contributed by atoms with E-state index in [1.165, 1.54) is 11.1 Å². The molecule has 0 aromatic carbocycles. The van der Waals surface area contributed by atoms with Crippen molar-refractivity contribution in [2.45, 2.75) is 136 Å². The van der Waals surface area contributed by atoms with Gasteiger partial charge in [0.25, 0.3) is 10.1 Å². The summed E-state index contributed by atoms with van der Waals surface area (Å²) in [7, 11) is -7.91. The summed E-state index contributed by atoms with van der Waals surface area (Å²) in [4.78, 5) is -1.26. The van der Waals surface area contributed by atoms with Gasteiger partial charge < -0.3 is 9.05 Å². The zero-order valence-electron chi connectivity index (χ0n) is 22.9. The van der Waals surface area contributed by atoms with Crippen molar-refractivity contribution in [3.05, 3.63) is 23.3 Å². The monoisotopic (exact) mass is 534 g/mol. The number of hydrogen-bond acceptors (Lipinski definition) is 6. The summed E-state index contributed by atoms with van der Waals surface area (Å²) >= 11 is 0. The van der Waals surface area contributed by atoms with E-state index in [-0.39, 0.29) is 25.7 Å². The Balaban J connectivity index is 2.57. The Labute approximate surface area is 215 Å². The zero-order valence-corrected chi connectivity index (χ0v) is 24.6. The van der Waals surface area contributed by atoms with Gasteiger partial charge in [-0.25, -0.2) is 0 Å². The van der Waals surface area contributed by atoms with Crippen LogP contribution in [-0.2, 0) is 27.9 Å². The first-order valence-electron chi connectivity index (χ1n) is 13.7. The van der Waals surface area contributed by atoms with Crippen molar-refractivity contribution in [2.24, 2.45) is 0 Å². The molecule has 0 bridgehead atoms. The van der Waals surface area contributed by atoms with Crippen molar-refractivity contribution in [3.8, 4) is 0 Å². The molecule has 0 radical (unpaired) electrons. The van der Waals surface area contributed by atoms with Crippen LogP contribution in [0.5, 0.6) is 0 Å². The predicted molar refractivity (Wildman–Crippen MR) is 146 cm³/mol. The Morgan fingerprint density at radius 2 is 1.49 bits per heavy atom. The molecular formula is C27H51O6PS. The van der Waals surface area contributed by atoms with Crippen LogP contribution < -0.4 is 0 Å². The minimum absolute atomic E-state index is 0.133. The van der Waals surface area contributed by atoms with Crippen LogP contribution in [0.25, 0.3) is 0 Å². The lowest BCUT2D eigenvalue weighted by Crippen LogP contribution is -2.30. The van der Waals surface area contributed by atoms with E-state index in [1.54, 1.807) is 13.8 Å². The molecular weight excluding hydrogens is 483 g/mol. The van der Waals surface area contributed by atoms with Gasteiger partial charge in [-0.3, -0.25) is 8.75 Å². The highest BCUT2D eigenvalue weighted by Gasteiger charge is 2.46. The third kappa shape index (κ3) is 13.6. The summed E-state index contributed by atoms with van der Waals surface area (Å²) in [5.74, 6) is 0. The lowest BCUT2D eigenvalue weighted by molar-refractivity contribution is 0.158. The van der Waals surface area contributed by atoms with Crippen molar-refractivity contribution in [3.63, 3.8) is 0 Å². The first-order chi connectivity index (χ1) is 16.6. The maximum Gasteiger partial charge on any atom is 0.351 e. The molecule has 1 rings (SSSR count). The van der Waals surface area contributed by atoms with E-state index in [4.69, 9.17) is 13.2 Å². The van der Waals surface area contributed by atoms with Gasteiger partial charge in [-0.05, 0) is 79.6 Å². The average Bonchev–Trinajstić information content (AvgIpc) is 2.78. The number of rotatable bonds is 19. The van der Waals surface area contributed by atoms with Crippen molar-refractivity contribution in [2.75, 3.05) is 13.2 Å². The van der Waals surface area contributed by atoms with Gasteiger partial charge in [-0.15, -0.1) is 0 Å². The van der Waals surface area contributed by atoms with Crippen LogP contribution in [0.3, 0.4) is 0 Å². The highest BCUT2D eigenvalue weighted by molar-refractivity contribution is 7.94. The van der Waals surface area contributed by atoms with Crippen molar-refractivity contribution in [1.82, 2.24) is 0 Å². The zero-order chi connectivity index (χ0) is 26.2. The molecule has 6 nitrogen and oxygen atoms in total. The Hall–Kier alpha value is -0.460. The van der Waals surface area contributed by atoms with Crippen molar-refractivity contribution < 1.29 is 26.2 Å². The molecule has 0 aromatic heterocycles. The Morgan fingerprint density at radius 1 is 0.886 bits per heavy atom. The summed E-state index contributed by atoms with van der Waals surface area (Å²) in [6.45, 7) is 10.1. The Bertz CT molecular complexity index is 769.